The van der Waals surface area contributed by atoms with E-state index in [4.69, 9.17) is 4.42 Å². The molecule has 0 radical (unpaired) electrons. The van der Waals surface area contributed by atoms with Crippen molar-refractivity contribution in [3.05, 3.63) is 24.2 Å². The van der Waals surface area contributed by atoms with E-state index in [1.54, 1.807) is 6.26 Å². The molecule has 0 spiro atoms. The van der Waals surface area contributed by atoms with E-state index in [0.29, 0.717) is 6.04 Å². The summed E-state index contributed by atoms with van der Waals surface area (Å²) in [6, 6.07) is 2.71. The third kappa shape index (κ3) is 2.63. The second kappa shape index (κ2) is 4.84. The molecule has 1 heterocycles. The lowest BCUT2D eigenvalue weighted by Gasteiger charge is -2.35. The van der Waals surface area contributed by atoms with Crippen LogP contribution in [0.25, 0.3) is 0 Å². The second-order valence-corrected chi connectivity index (χ2v) is 4.92. The van der Waals surface area contributed by atoms with Crippen LogP contribution in [0.15, 0.2) is 23.0 Å². The van der Waals surface area contributed by atoms with Crippen molar-refractivity contribution in [1.82, 2.24) is 5.32 Å². The van der Waals surface area contributed by atoms with Gasteiger partial charge in [0.05, 0.1) is 12.5 Å². The molecule has 1 fully saturated rings. The molecule has 1 N–H and O–H groups in total. The van der Waals surface area contributed by atoms with Gasteiger partial charge >= 0.3 is 0 Å². The molecule has 2 unspecified atom stereocenters. The smallest absolute Gasteiger partial charge is 0.0947 e. The number of nitrogens with one attached hydrogen (secondary N) is 1. The maximum absolute atomic E-state index is 5.07. The van der Waals surface area contributed by atoms with Crippen LogP contribution < -0.4 is 5.32 Å². The molecule has 84 valence electrons. The lowest BCUT2D eigenvalue weighted by atomic mass is 9.79. The summed E-state index contributed by atoms with van der Waals surface area (Å²) in [5.41, 5.74) is 1.25. The maximum atomic E-state index is 5.07. The van der Waals surface area contributed by atoms with E-state index in [1.807, 2.05) is 12.3 Å². The highest BCUT2D eigenvalue weighted by atomic mass is 16.3. The van der Waals surface area contributed by atoms with Crippen LogP contribution in [0.5, 0.6) is 0 Å². The topological polar surface area (TPSA) is 25.2 Å². The van der Waals surface area contributed by atoms with Crippen molar-refractivity contribution >= 4 is 0 Å². The lowest BCUT2D eigenvalue weighted by molar-refractivity contribution is 0.207. The SMILES string of the molecule is CC1CCCC(C)C1NCc1ccoc1. The summed E-state index contributed by atoms with van der Waals surface area (Å²) >= 11 is 0. The average Bonchev–Trinajstić information content (AvgIpc) is 2.70. The lowest BCUT2D eigenvalue weighted by Crippen LogP contribution is -2.42. The summed E-state index contributed by atoms with van der Waals surface area (Å²) in [6.07, 6.45) is 7.70. The minimum absolute atomic E-state index is 0.675. The summed E-state index contributed by atoms with van der Waals surface area (Å²) in [5, 5.41) is 3.66. The number of hydrogen-bond acceptors (Lipinski definition) is 2. The minimum atomic E-state index is 0.675. The first-order valence-electron chi connectivity index (χ1n) is 6.02. The molecule has 15 heavy (non-hydrogen) atoms. The molecule has 0 bridgehead atoms. The Morgan fingerprint density at radius 2 is 2.07 bits per heavy atom. The monoisotopic (exact) mass is 207 g/mol. The summed E-state index contributed by atoms with van der Waals surface area (Å²) < 4.78 is 5.07. The van der Waals surface area contributed by atoms with Crippen molar-refractivity contribution in [2.24, 2.45) is 11.8 Å². The number of furan rings is 1. The fraction of sp³-hybridized carbons (Fsp3) is 0.692. The van der Waals surface area contributed by atoms with Gasteiger partial charge in [-0.05, 0) is 30.7 Å². The van der Waals surface area contributed by atoms with Gasteiger partial charge in [0.1, 0.15) is 0 Å². The molecular weight excluding hydrogens is 186 g/mol. The molecule has 2 rings (SSSR count). The Labute approximate surface area is 92.1 Å². The van der Waals surface area contributed by atoms with Crippen LogP contribution in [0.2, 0.25) is 0 Å². The highest BCUT2D eigenvalue weighted by Gasteiger charge is 2.26. The van der Waals surface area contributed by atoms with Crippen LogP contribution in [-0.2, 0) is 6.54 Å². The molecule has 2 nitrogen and oxygen atoms in total. The van der Waals surface area contributed by atoms with E-state index in [0.717, 1.165) is 18.4 Å². The third-order valence-electron chi connectivity index (χ3n) is 3.67. The predicted octanol–water partition coefficient (Wildman–Crippen LogP) is 3.19. The molecule has 1 aromatic rings. The second-order valence-electron chi connectivity index (χ2n) is 4.92. The number of rotatable bonds is 3. The van der Waals surface area contributed by atoms with Crippen LogP contribution in [0, 0.1) is 11.8 Å². The fourth-order valence-electron chi connectivity index (χ4n) is 2.71. The molecule has 0 saturated heterocycles. The van der Waals surface area contributed by atoms with Gasteiger partial charge in [0.2, 0.25) is 0 Å². The first-order valence-corrected chi connectivity index (χ1v) is 6.02. The van der Waals surface area contributed by atoms with E-state index >= 15 is 0 Å². The van der Waals surface area contributed by atoms with Crippen molar-refractivity contribution in [1.29, 1.82) is 0 Å². The Morgan fingerprint density at radius 1 is 1.33 bits per heavy atom. The van der Waals surface area contributed by atoms with Gasteiger partial charge in [0.25, 0.3) is 0 Å². The Bertz CT molecular complexity index is 271. The third-order valence-corrected chi connectivity index (χ3v) is 3.67. The molecule has 0 aromatic carbocycles. The Kier molecular flexibility index (Phi) is 3.47. The standard InChI is InChI=1S/C13H21NO/c1-10-4-3-5-11(2)13(10)14-8-12-6-7-15-9-12/h6-7,9-11,13-14H,3-5,8H2,1-2H3. The first kappa shape index (κ1) is 10.7. The predicted molar refractivity (Wildman–Crippen MR) is 61.5 cm³/mol. The van der Waals surface area contributed by atoms with Crippen LogP contribution in [0.1, 0.15) is 38.7 Å². The molecule has 1 saturated carbocycles. The molecule has 1 aromatic heterocycles. The van der Waals surface area contributed by atoms with Gasteiger partial charge in [-0.1, -0.05) is 20.3 Å². The van der Waals surface area contributed by atoms with Gasteiger partial charge in [0, 0.05) is 18.2 Å². The summed E-state index contributed by atoms with van der Waals surface area (Å²) in [6.45, 7) is 5.67. The van der Waals surface area contributed by atoms with E-state index in [1.165, 1.54) is 24.8 Å². The zero-order valence-corrected chi connectivity index (χ0v) is 9.70. The van der Waals surface area contributed by atoms with Crippen LogP contribution >= 0.6 is 0 Å². The molecule has 1 aliphatic rings. The zero-order chi connectivity index (χ0) is 10.7. The molecule has 0 aliphatic heterocycles. The molecule has 2 atom stereocenters. The van der Waals surface area contributed by atoms with Crippen LogP contribution in [0.3, 0.4) is 0 Å². The quantitative estimate of drug-likeness (QED) is 0.823. The summed E-state index contributed by atoms with van der Waals surface area (Å²) in [4.78, 5) is 0. The van der Waals surface area contributed by atoms with E-state index in [-0.39, 0.29) is 0 Å². The van der Waals surface area contributed by atoms with Gasteiger partial charge < -0.3 is 9.73 Å². The van der Waals surface area contributed by atoms with Gasteiger partial charge in [0.15, 0.2) is 0 Å². The largest absolute Gasteiger partial charge is 0.472 e. The average molecular weight is 207 g/mol. The van der Waals surface area contributed by atoms with Gasteiger partial charge in [-0.25, -0.2) is 0 Å². The Balaban J connectivity index is 1.86. The maximum Gasteiger partial charge on any atom is 0.0947 e. The van der Waals surface area contributed by atoms with Crippen molar-refractivity contribution in [2.75, 3.05) is 0 Å². The van der Waals surface area contributed by atoms with Crippen molar-refractivity contribution in [2.45, 2.75) is 45.7 Å². The Hall–Kier alpha value is -0.760. The first-order chi connectivity index (χ1) is 7.27. The Morgan fingerprint density at radius 3 is 2.67 bits per heavy atom. The van der Waals surface area contributed by atoms with Crippen LogP contribution in [-0.4, -0.2) is 6.04 Å². The molecule has 0 amide bonds. The fourth-order valence-corrected chi connectivity index (χ4v) is 2.71. The highest BCUT2D eigenvalue weighted by Crippen LogP contribution is 2.28. The van der Waals surface area contributed by atoms with Gasteiger partial charge in [-0.2, -0.15) is 0 Å². The normalized spacial score (nSPS) is 31.7. The van der Waals surface area contributed by atoms with E-state index in [9.17, 15) is 0 Å². The number of hydrogen-bond donors (Lipinski definition) is 1. The highest BCUT2D eigenvalue weighted by molar-refractivity contribution is 5.05. The van der Waals surface area contributed by atoms with Crippen molar-refractivity contribution < 1.29 is 4.42 Å². The van der Waals surface area contributed by atoms with Crippen molar-refractivity contribution in [3.8, 4) is 0 Å². The van der Waals surface area contributed by atoms with E-state index < -0.39 is 0 Å². The zero-order valence-electron chi connectivity index (χ0n) is 9.70. The molecule has 1 aliphatic carbocycles. The van der Waals surface area contributed by atoms with Gasteiger partial charge in [-0.3, -0.25) is 0 Å². The van der Waals surface area contributed by atoms with Crippen LogP contribution in [0.4, 0.5) is 0 Å². The van der Waals surface area contributed by atoms with Crippen molar-refractivity contribution in [3.63, 3.8) is 0 Å². The molecular formula is C13H21NO. The summed E-state index contributed by atoms with van der Waals surface area (Å²) in [7, 11) is 0. The summed E-state index contributed by atoms with van der Waals surface area (Å²) in [5.74, 6) is 1.61. The minimum Gasteiger partial charge on any atom is -0.472 e. The van der Waals surface area contributed by atoms with E-state index in [2.05, 4.69) is 19.2 Å². The molecule has 2 heteroatoms. The van der Waals surface area contributed by atoms with Gasteiger partial charge in [-0.15, -0.1) is 0 Å².